The molecule has 0 aromatic heterocycles. The summed E-state index contributed by atoms with van der Waals surface area (Å²) in [6.45, 7) is 5.24. The molecular weight excluding hydrogens is 298 g/mol. The molecule has 7 nitrogen and oxygen atoms in total. The first kappa shape index (κ1) is 17.5. The summed E-state index contributed by atoms with van der Waals surface area (Å²) in [5.41, 5.74) is 6.64. The van der Waals surface area contributed by atoms with E-state index in [2.05, 4.69) is 17.1 Å². The van der Waals surface area contributed by atoms with Crippen LogP contribution in [0, 0.1) is 0 Å². The normalized spacial score (nSPS) is 15.5. The summed E-state index contributed by atoms with van der Waals surface area (Å²) in [5.74, 6) is 1.21. The number of likely N-dealkylation sites (N-methyl/N-ethyl adjacent to an activating group) is 1. The fraction of sp³-hybridized carbons (Fsp3) is 0.562. The second kappa shape index (κ2) is 8.14. The first-order chi connectivity index (χ1) is 11.0. The summed E-state index contributed by atoms with van der Waals surface area (Å²) in [6.07, 6.45) is 0.826. The molecule has 0 saturated heterocycles. The molecule has 7 heteroatoms. The number of ether oxygens (including phenoxy) is 2. The second-order valence-corrected chi connectivity index (χ2v) is 5.63. The number of aliphatic hydroxyl groups excluding tert-OH is 1. The van der Waals surface area contributed by atoms with Gasteiger partial charge in [-0.15, -0.1) is 0 Å². The standard InChI is InChI=1S/C16H25N3O4/c1-3-19(9-18-16(21)13(17)8-20)11(2)6-12-4-5-14-15(7-12)23-10-22-14/h4-5,7,11,13,20H,3,6,8-10,17H2,1-2H3,(H,18,21). The van der Waals surface area contributed by atoms with E-state index in [-0.39, 0.29) is 25.3 Å². The van der Waals surface area contributed by atoms with E-state index in [1.165, 1.54) is 0 Å². The van der Waals surface area contributed by atoms with E-state index in [0.29, 0.717) is 6.67 Å². The number of fused-ring (bicyclic) bond motifs is 1. The van der Waals surface area contributed by atoms with E-state index in [4.69, 9.17) is 20.3 Å². The van der Waals surface area contributed by atoms with Gasteiger partial charge in [-0.1, -0.05) is 13.0 Å². The lowest BCUT2D eigenvalue weighted by Gasteiger charge is -2.28. The molecule has 1 heterocycles. The van der Waals surface area contributed by atoms with Crippen LogP contribution in [0.4, 0.5) is 0 Å². The molecule has 2 unspecified atom stereocenters. The third-order valence-electron chi connectivity index (χ3n) is 3.99. The number of nitrogens with one attached hydrogen (secondary N) is 1. The van der Waals surface area contributed by atoms with Crippen LogP contribution in [0.1, 0.15) is 19.4 Å². The molecule has 1 aliphatic heterocycles. The van der Waals surface area contributed by atoms with Gasteiger partial charge in [0, 0.05) is 6.04 Å². The number of amides is 1. The summed E-state index contributed by atoms with van der Waals surface area (Å²) in [5, 5.41) is 11.6. The van der Waals surface area contributed by atoms with Crippen LogP contribution in [0.2, 0.25) is 0 Å². The van der Waals surface area contributed by atoms with E-state index in [0.717, 1.165) is 30.0 Å². The van der Waals surface area contributed by atoms with Gasteiger partial charge in [0.05, 0.1) is 13.3 Å². The van der Waals surface area contributed by atoms with Gasteiger partial charge in [-0.25, -0.2) is 0 Å². The third-order valence-corrected chi connectivity index (χ3v) is 3.99. The summed E-state index contributed by atoms with van der Waals surface area (Å²) < 4.78 is 10.7. The van der Waals surface area contributed by atoms with E-state index in [9.17, 15) is 4.79 Å². The monoisotopic (exact) mass is 323 g/mol. The minimum atomic E-state index is -0.877. The maximum absolute atomic E-state index is 11.7. The zero-order valence-electron chi connectivity index (χ0n) is 13.6. The SMILES string of the molecule is CCN(CNC(=O)C(N)CO)C(C)Cc1ccc2c(c1)OCO2. The molecule has 1 aromatic carbocycles. The smallest absolute Gasteiger partial charge is 0.240 e. The minimum Gasteiger partial charge on any atom is -0.454 e. The van der Waals surface area contributed by atoms with Gasteiger partial charge in [-0.05, 0) is 37.6 Å². The highest BCUT2D eigenvalue weighted by molar-refractivity contribution is 5.81. The van der Waals surface area contributed by atoms with Gasteiger partial charge < -0.3 is 25.6 Å². The van der Waals surface area contributed by atoms with Crippen molar-refractivity contribution in [3.8, 4) is 11.5 Å². The summed E-state index contributed by atoms with van der Waals surface area (Å²) in [7, 11) is 0. The van der Waals surface area contributed by atoms with Gasteiger partial charge >= 0.3 is 0 Å². The molecule has 0 radical (unpaired) electrons. The number of nitrogens with two attached hydrogens (primary N) is 1. The molecule has 1 amide bonds. The lowest BCUT2D eigenvalue weighted by atomic mass is 10.1. The van der Waals surface area contributed by atoms with Crippen LogP contribution >= 0.6 is 0 Å². The molecule has 0 bridgehead atoms. The number of hydrogen-bond acceptors (Lipinski definition) is 6. The highest BCUT2D eigenvalue weighted by atomic mass is 16.7. The zero-order chi connectivity index (χ0) is 16.8. The van der Waals surface area contributed by atoms with Crippen LogP contribution in [-0.2, 0) is 11.2 Å². The van der Waals surface area contributed by atoms with Gasteiger partial charge in [0.15, 0.2) is 11.5 Å². The fourth-order valence-electron chi connectivity index (χ4n) is 2.51. The number of benzene rings is 1. The van der Waals surface area contributed by atoms with Crippen molar-refractivity contribution in [3.63, 3.8) is 0 Å². The van der Waals surface area contributed by atoms with E-state index in [1.807, 2.05) is 25.1 Å². The summed E-state index contributed by atoms with van der Waals surface area (Å²) in [4.78, 5) is 13.8. The van der Waals surface area contributed by atoms with E-state index < -0.39 is 6.04 Å². The average Bonchev–Trinajstić information content (AvgIpc) is 3.02. The topological polar surface area (TPSA) is 97.1 Å². The fourth-order valence-corrected chi connectivity index (χ4v) is 2.51. The Balaban J connectivity index is 1.89. The van der Waals surface area contributed by atoms with Crippen LogP contribution in [0.3, 0.4) is 0 Å². The van der Waals surface area contributed by atoms with Gasteiger partial charge in [0.1, 0.15) is 6.04 Å². The molecule has 2 rings (SSSR count). The Bertz CT molecular complexity index is 538. The molecule has 0 fully saturated rings. The van der Waals surface area contributed by atoms with Crippen LogP contribution < -0.4 is 20.5 Å². The lowest BCUT2D eigenvalue weighted by molar-refractivity contribution is -0.123. The van der Waals surface area contributed by atoms with Gasteiger partial charge in [0.25, 0.3) is 0 Å². The molecule has 4 N–H and O–H groups in total. The summed E-state index contributed by atoms with van der Waals surface area (Å²) >= 11 is 0. The molecule has 23 heavy (non-hydrogen) atoms. The Morgan fingerprint density at radius 2 is 2.17 bits per heavy atom. The molecule has 1 aromatic rings. The molecule has 0 aliphatic carbocycles. The van der Waals surface area contributed by atoms with Crippen molar-refractivity contribution in [2.24, 2.45) is 5.73 Å². The molecule has 0 spiro atoms. The first-order valence-electron chi connectivity index (χ1n) is 7.81. The van der Waals surface area contributed by atoms with Crippen LogP contribution in [0.5, 0.6) is 11.5 Å². The minimum absolute atomic E-state index is 0.228. The molecule has 0 saturated carbocycles. The Morgan fingerprint density at radius 1 is 1.43 bits per heavy atom. The van der Waals surface area contributed by atoms with E-state index >= 15 is 0 Å². The molecule has 128 valence electrons. The number of aliphatic hydroxyl groups is 1. The highest BCUT2D eigenvalue weighted by Crippen LogP contribution is 2.32. The molecule has 1 aliphatic rings. The first-order valence-corrected chi connectivity index (χ1v) is 7.81. The Labute approximate surface area is 136 Å². The largest absolute Gasteiger partial charge is 0.454 e. The predicted molar refractivity (Wildman–Crippen MR) is 86.2 cm³/mol. The maximum Gasteiger partial charge on any atom is 0.240 e. The van der Waals surface area contributed by atoms with Crippen molar-refractivity contribution in [2.45, 2.75) is 32.4 Å². The van der Waals surface area contributed by atoms with Crippen LogP contribution in [0.15, 0.2) is 18.2 Å². The van der Waals surface area contributed by atoms with Gasteiger partial charge in [-0.2, -0.15) is 0 Å². The molecule has 2 atom stereocenters. The molecular formula is C16H25N3O4. The quantitative estimate of drug-likeness (QED) is 0.586. The number of hydrogen-bond donors (Lipinski definition) is 3. The van der Waals surface area contributed by atoms with Gasteiger partial charge in [-0.3, -0.25) is 9.69 Å². The average molecular weight is 323 g/mol. The van der Waals surface area contributed by atoms with Crippen LogP contribution in [-0.4, -0.2) is 54.6 Å². The van der Waals surface area contributed by atoms with Crippen molar-refractivity contribution in [2.75, 3.05) is 26.6 Å². The van der Waals surface area contributed by atoms with Gasteiger partial charge in [0.2, 0.25) is 12.7 Å². The zero-order valence-corrected chi connectivity index (χ0v) is 13.6. The summed E-state index contributed by atoms with van der Waals surface area (Å²) in [6, 6.07) is 5.29. The highest BCUT2D eigenvalue weighted by Gasteiger charge is 2.18. The van der Waals surface area contributed by atoms with Crippen molar-refractivity contribution in [1.29, 1.82) is 0 Å². The second-order valence-electron chi connectivity index (χ2n) is 5.63. The third kappa shape index (κ3) is 4.57. The van der Waals surface area contributed by atoms with Crippen LogP contribution in [0.25, 0.3) is 0 Å². The number of carbonyl (C=O) groups is 1. The van der Waals surface area contributed by atoms with Crippen molar-refractivity contribution in [1.82, 2.24) is 10.2 Å². The predicted octanol–water partition coefficient (Wildman–Crippen LogP) is 0.0615. The van der Waals surface area contributed by atoms with Crippen molar-refractivity contribution < 1.29 is 19.4 Å². The Kier molecular flexibility index (Phi) is 6.20. The van der Waals surface area contributed by atoms with E-state index in [1.54, 1.807) is 0 Å². The number of rotatable bonds is 8. The number of carbonyl (C=O) groups excluding carboxylic acids is 1. The maximum atomic E-state index is 11.7. The number of nitrogens with zero attached hydrogens (tertiary/aromatic N) is 1. The van der Waals surface area contributed by atoms with Crippen molar-refractivity contribution >= 4 is 5.91 Å². The van der Waals surface area contributed by atoms with Crippen molar-refractivity contribution in [3.05, 3.63) is 23.8 Å². The Hall–Kier alpha value is -1.83. The Morgan fingerprint density at radius 3 is 2.87 bits per heavy atom. The lowest BCUT2D eigenvalue weighted by Crippen LogP contribution is -2.49.